The summed E-state index contributed by atoms with van der Waals surface area (Å²) in [7, 11) is 1.77. The van der Waals surface area contributed by atoms with Crippen LogP contribution in [0.2, 0.25) is 0 Å². The molecule has 0 fully saturated rings. The van der Waals surface area contributed by atoms with Crippen molar-refractivity contribution in [3.63, 3.8) is 0 Å². The van der Waals surface area contributed by atoms with Crippen molar-refractivity contribution < 1.29 is 32.2 Å². The smallest absolute Gasteiger partial charge is 0.422 e. The van der Waals surface area contributed by atoms with Gasteiger partial charge in [0.05, 0.1) is 0 Å². The molecule has 8 nitrogen and oxygen atoms in total. The molecule has 1 aliphatic heterocycles. The van der Waals surface area contributed by atoms with E-state index >= 15 is 0 Å². The lowest BCUT2D eigenvalue weighted by atomic mass is 10.2. The van der Waals surface area contributed by atoms with Crippen LogP contribution in [0, 0.1) is 0 Å². The zero-order chi connectivity index (χ0) is 20.1. The summed E-state index contributed by atoms with van der Waals surface area (Å²) in [6, 6.07) is 7.31. The van der Waals surface area contributed by atoms with Gasteiger partial charge in [0.15, 0.2) is 35.2 Å². The van der Waals surface area contributed by atoms with Crippen molar-refractivity contribution in [1.29, 1.82) is 0 Å². The van der Waals surface area contributed by atoms with Gasteiger partial charge in [0.1, 0.15) is 6.61 Å². The molecule has 1 N–H and O–H groups in total. The first-order chi connectivity index (χ1) is 13.3. The molecule has 3 rings (SSSR count). The van der Waals surface area contributed by atoms with Gasteiger partial charge in [-0.3, -0.25) is 0 Å². The van der Waals surface area contributed by atoms with Crippen LogP contribution in [0.1, 0.15) is 11.9 Å². The molecule has 2 heterocycles. The monoisotopic (exact) mass is 418 g/mol. The molecule has 28 heavy (non-hydrogen) atoms. The Labute approximate surface area is 162 Å². The number of para-hydroxylation sites is 2. The van der Waals surface area contributed by atoms with Gasteiger partial charge in [-0.05, 0) is 12.1 Å². The topological polar surface area (TPSA) is 87.5 Å². The van der Waals surface area contributed by atoms with E-state index in [9.17, 15) is 18.0 Å². The van der Waals surface area contributed by atoms with E-state index in [1.807, 2.05) is 18.2 Å². The second-order valence-electron chi connectivity index (χ2n) is 5.73. The molecular formula is C16H17F3N4O4S. The number of fused-ring (bicyclic) bond motifs is 1. The van der Waals surface area contributed by atoms with Gasteiger partial charge in [0, 0.05) is 19.3 Å². The summed E-state index contributed by atoms with van der Waals surface area (Å²) in [5.74, 6) is 2.24. The van der Waals surface area contributed by atoms with Crippen molar-refractivity contribution >= 4 is 17.9 Å². The Morgan fingerprint density at radius 3 is 2.86 bits per heavy atom. The number of hydrogen-bond donors (Lipinski definition) is 1. The summed E-state index contributed by atoms with van der Waals surface area (Å²) in [6.45, 7) is -1.22. The summed E-state index contributed by atoms with van der Waals surface area (Å²) in [6.07, 6.45) is -6.09. The average Bonchev–Trinajstić information content (AvgIpc) is 3.03. The lowest BCUT2D eigenvalue weighted by Crippen LogP contribution is -2.30. The summed E-state index contributed by atoms with van der Waals surface area (Å²) in [5, 5.41) is 11.0. The number of carbonyl (C=O) groups is 1. The maximum absolute atomic E-state index is 12.0. The predicted octanol–water partition coefficient (Wildman–Crippen LogP) is 2.71. The molecule has 0 spiro atoms. The molecule has 0 saturated heterocycles. The summed E-state index contributed by atoms with van der Waals surface area (Å²) in [5.41, 5.74) is 0. The van der Waals surface area contributed by atoms with Crippen LogP contribution in [-0.4, -0.2) is 52.5 Å². The number of amides is 1. The minimum atomic E-state index is -4.55. The van der Waals surface area contributed by atoms with Gasteiger partial charge in [-0.2, -0.15) is 13.2 Å². The van der Waals surface area contributed by atoms with E-state index in [1.54, 1.807) is 17.7 Å². The van der Waals surface area contributed by atoms with Crippen molar-refractivity contribution in [1.82, 2.24) is 20.1 Å². The number of alkyl halides is 3. The Morgan fingerprint density at radius 1 is 1.36 bits per heavy atom. The van der Waals surface area contributed by atoms with Gasteiger partial charge >= 0.3 is 12.3 Å². The molecule has 1 atom stereocenters. The Hall–Kier alpha value is -2.63. The number of thioether (sulfide) groups is 1. The lowest BCUT2D eigenvalue weighted by molar-refractivity contribution is -0.160. The van der Waals surface area contributed by atoms with Gasteiger partial charge < -0.3 is 24.1 Å². The van der Waals surface area contributed by atoms with Crippen LogP contribution in [0.4, 0.5) is 18.0 Å². The third kappa shape index (κ3) is 5.21. The van der Waals surface area contributed by atoms with Gasteiger partial charge in [0.25, 0.3) is 0 Å². The summed E-state index contributed by atoms with van der Waals surface area (Å²) in [4.78, 5) is 11.2. The highest BCUT2D eigenvalue weighted by atomic mass is 32.2. The first-order valence-corrected chi connectivity index (χ1v) is 9.20. The molecule has 1 aromatic heterocycles. The number of hydrogen-bond acceptors (Lipinski definition) is 7. The molecule has 1 unspecified atom stereocenters. The number of nitrogens with zero attached hydrogens (tertiary/aromatic N) is 3. The minimum Gasteiger partial charge on any atom is -0.485 e. The molecule has 1 aromatic carbocycles. The van der Waals surface area contributed by atoms with Crippen molar-refractivity contribution in [3.05, 3.63) is 30.1 Å². The van der Waals surface area contributed by atoms with Gasteiger partial charge in [0.2, 0.25) is 0 Å². The van der Waals surface area contributed by atoms with Gasteiger partial charge in [-0.1, -0.05) is 23.9 Å². The maximum atomic E-state index is 12.0. The van der Waals surface area contributed by atoms with E-state index in [0.717, 1.165) is 0 Å². The fraction of sp³-hybridized carbons (Fsp3) is 0.438. The second kappa shape index (κ2) is 8.59. The number of aromatic nitrogens is 3. The van der Waals surface area contributed by atoms with E-state index < -0.39 is 25.0 Å². The quantitative estimate of drug-likeness (QED) is 0.570. The number of benzene rings is 1. The van der Waals surface area contributed by atoms with Crippen molar-refractivity contribution in [2.24, 2.45) is 7.05 Å². The third-order valence-corrected chi connectivity index (χ3v) is 4.66. The Bertz CT molecular complexity index is 830. The van der Waals surface area contributed by atoms with E-state index in [2.05, 4.69) is 20.3 Å². The SMILES string of the molecule is Cn1c(SCCNC(=O)OCC(F)(F)F)nnc1C1COc2ccccc2O1. The third-order valence-electron chi connectivity index (χ3n) is 3.63. The summed E-state index contributed by atoms with van der Waals surface area (Å²) >= 11 is 1.28. The number of rotatable bonds is 6. The number of ether oxygens (including phenoxy) is 3. The second-order valence-corrected chi connectivity index (χ2v) is 6.79. The van der Waals surface area contributed by atoms with Crippen LogP contribution in [0.25, 0.3) is 0 Å². The number of alkyl carbamates (subject to hydrolysis) is 1. The van der Waals surface area contributed by atoms with Crippen LogP contribution in [0.3, 0.4) is 0 Å². The van der Waals surface area contributed by atoms with Crippen LogP contribution in [-0.2, 0) is 11.8 Å². The predicted molar refractivity (Wildman–Crippen MR) is 92.4 cm³/mol. The molecule has 12 heteroatoms. The van der Waals surface area contributed by atoms with Crippen molar-refractivity contribution in [3.8, 4) is 11.5 Å². The highest BCUT2D eigenvalue weighted by Crippen LogP contribution is 2.35. The normalized spacial score (nSPS) is 15.9. The van der Waals surface area contributed by atoms with E-state index in [1.165, 1.54) is 11.8 Å². The van der Waals surface area contributed by atoms with Crippen LogP contribution in [0.15, 0.2) is 29.4 Å². The summed E-state index contributed by atoms with van der Waals surface area (Å²) < 4.78 is 53.2. The van der Waals surface area contributed by atoms with Crippen molar-refractivity contribution in [2.45, 2.75) is 17.4 Å². The van der Waals surface area contributed by atoms with E-state index in [4.69, 9.17) is 9.47 Å². The fourth-order valence-corrected chi connectivity index (χ4v) is 3.15. The Kier molecular flexibility index (Phi) is 6.17. The molecule has 0 radical (unpaired) electrons. The Balaban J connectivity index is 1.47. The number of carbonyl (C=O) groups excluding carboxylic acids is 1. The van der Waals surface area contributed by atoms with E-state index in [0.29, 0.717) is 34.8 Å². The van der Waals surface area contributed by atoms with Crippen molar-refractivity contribution in [2.75, 3.05) is 25.5 Å². The van der Waals surface area contributed by atoms with Crippen LogP contribution < -0.4 is 14.8 Å². The van der Waals surface area contributed by atoms with Gasteiger partial charge in [-0.25, -0.2) is 4.79 Å². The highest BCUT2D eigenvalue weighted by Gasteiger charge is 2.29. The molecular weight excluding hydrogens is 401 g/mol. The maximum Gasteiger partial charge on any atom is 0.422 e. The first kappa shape index (κ1) is 20.1. The molecule has 1 amide bonds. The first-order valence-electron chi connectivity index (χ1n) is 8.21. The van der Waals surface area contributed by atoms with E-state index in [-0.39, 0.29) is 6.54 Å². The van der Waals surface area contributed by atoms with Gasteiger partial charge in [-0.15, -0.1) is 10.2 Å². The molecule has 0 bridgehead atoms. The molecule has 0 aliphatic carbocycles. The average molecular weight is 418 g/mol. The number of nitrogens with one attached hydrogen (secondary N) is 1. The standard InChI is InChI=1S/C16H17F3N4O4S/c1-23-13(12-8-25-10-4-2-3-5-11(10)27-12)21-22-14(23)28-7-6-20-15(24)26-9-16(17,18)19/h2-5,12H,6-9H2,1H3,(H,20,24). The Morgan fingerprint density at radius 2 is 2.11 bits per heavy atom. The largest absolute Gasteiger partial charge is 0.485 e. The minimum absolute atomic E-state index is 0.111. The zero-order valence-corrected chi connectivity index (χ0v) is 15.5. The molecule has 0 saturated carbocycles. The molecule has 2 aromatic rings. The number of halogens is 3. The fourth-order valence-electron chi connectivity index (χ4n) is 2.37. The molecule has 1 aliphatic rings. The highest BCUT2D eigenvalue weighted by molar-refractivity contribution is 7.99. The lowest BCUT2D eigenvalue weighted by Gasteiger charge is -2.25. The zero-order valence-electron chi connectivity index (χ0n) is 14.7. The molecule has 152 valence electrons. The van der Waals surface area contributed by atoms with Crippen LogP contribution in [0.5, 0.6) is 11.5 Å². The van der Waals surface area contributed by atoms with Crippen LogP contribution >= 0.6 is 11.8 Å².